The third-order valence-electron chi connectivity index (χ3n) is 8.52. The van der Waals surface area contributed by atoms with Crippen molar-refractivity contribution in [3.63, 3.8) is 0 Å². The molecule has 2 heterocycles. The molecule has 2 aliphatic heterocycles. The minimum absolute atomic E-state index is 0.259. The van der Waals surface area contributed by atoms with Crippen molar-refractivity contribution in [2.45, 2.75) is 63.1 Å². The first-order valence-corrected chi connectivity index (χ1v) is 16.4. The molecule has 2 saturated heterocycles. The summed E-state index contributed by atoms with van der Waals surface area (Å²) < 4.78 is 46.5. The molecule has 0 amide bonds. The predicted octanol–water partition coefficient (Wildman–Crippen LogP) is 7.54. The van der Waals surface area contributed by atoms with Crippen molar-refractivity contribution in [3.8, 4) is 0 Å². The summed E-state index contributed by atoms with van der Waals surface area (Å²) in [6.07, 6.45) is -3.14. The minimum atomic E-state index is -1.54. The molecule has 0 radical (unpaired) electrons. The molecule has 246 valence electrons. The fourth-order valence-electron chi connectivity index (χ4n) is 6.07. The number of benzene rings is 5. The van der Waals surface area contributed by atoms with Gasteiger partial charge in [0, 0.05) is 5.56 Å². The Hall–Kier alpha value is -4.18. The second-order valence-corrected chi connectivity index (χ2v) is 12.0. The van der Waals surface area contributed by atoms with Gasteiger partial charge in [0.2, 0.25) is 0 Å². The maximum absolute atomic E-state index is 6.85. The lowest BCUT2D eigenvalue weighted by Crippen LogP contribution is -2.59. The molecule has 0 bridgehead atoms. The first-order chi connectivity index (χ1) is 23.8. The molecule has 1 unspecified atom stereocenters. The maximum atomic E-state index is 6.85. The molecule has 2 aliphatic rings. The van der Waals surface area contributed by atoms with Crippen LogP contribution < -0.4 is 0 Å². The fourth-order valence-corrected chi connectivity index (χ4v) is 6.07. The summed E-state index contributed by atoms with van der Waals surface area (Å²) >= 11 is 0. The molecule has 0 aromatic heterocycles. The lowest BCUT2D eigenvalue weighted by molar-refractivity contribution is -0.372. The van der Waals surface area contributed by atoms with Crippen LogP contribution >= 0.6 is 0 Å². The molecule has 6 atom stereocenters. The van der Waals surface area contributed by atoms with E-state index in [9.17, 15) is 0 Å². The first-order valence-electron chi connectivity index (χ1n) is 16.4. The second kappa shape index (κ2) is 15.8. The standard InChI is InChI=1S/C41H40O7/c1-6-16-31(17-7-1)26-42-30-36-37(43-27-32-18-8-2-9-19-32)38(44-28-33-20-10-3-11-21-33)39-40(46-36)48-41(47-39,35-24-14-5-15-25-35)45-29-34-22-12-4-13-23-34/h1-25,36-40H,26-30H2/t36-,37-,38+,39+,40+,41?/m1/s1. The van der Waals surface area contributed by atoms with E-state index in [1.54, 1.807) is 0 Å². The van der Waals surface area contributed by atoms with E-state index in [1.807, 2.05) is 152 Å². The normalized spacial score (nSPS) is 25.0. The highest BCUT2D eigenvalue weighted by Crippen LogP contribution is 2.45. The predicted molar refractivity (Wildman–Crippen MR) is 180 cm³/mol. The Morgan fingerprint density at radius 3 is 1.48 bits per heavy atom. The Morgan fingerprint density at radius 2 is 0.938 bits per heavy atom. The van der Waals surface area contributed by atoms with Gasteiger partial charge >= 0.3 is 5.97 Å². The molecule has 7 nitrogen and oxygen atoms in total. The smallest absolute Gasteiger partial charge is 0.315 e. The van der Waals surface area contributed by atoms with Gasteiger partial charge in [-0.2, -0.15) is 0 Å². The summed E-state index contributed by atoms with van der Waals surface area (Å²) in [4.78, 5) is 0. The van der Waals surface area contributed by atoms with E-state index in [0.717, 1.165) is 27.8 Å². The van der Waals surface area contributed by atoms with Crippen LogP contribution in [0.4, 0.5) is 0 Å². The van der Waals surface area contributed by atoms with Crippen LogP contribution in [-0.4, -0.2) is 37.3 Å². The number of hydrogen-bond donors (Lipinski definition) is 0. The van der Waals surface area contributed by atoms with Crippen LogP contribution in [0.1, 0.15) is 27.8 Å². The van der Waals surface area contributed by atoms with E-state index < -0.39 is 36.7 Å². The minimum Gasteiger partial charge on any atom is -0.374 e. The average Bonchev–Trinajstić information content (AvgIpc) is 3.54. The largest absolute Gasteiger partial charge is 0.374 e. The van der Waals surface area contributed by atoms with Gasteiger partial charge < -0.3 is 28.4 Å². The molecule has 7 heteroatoms. The van der Waals surface area contributed by atoms with E-state index >= 15 is 0 Å². The average molecular weight is 645 g/mol. The van der Waals surface area contributed by atoms with Gasteiger partial charge in [-0.3, -0.25) is 4.74 Å². The lowest BCUT2D eigenvalue weighted by atomic mass is 9.98. The Bertz CT molecular complexity index is 1650. The molecular formula is C41H40O7. The summed E-state index contributed by atoms with van der Waals surface area (Å²) in [6, 6.07) is 49.9. The van der Waals surface area contributed by atoms with Gasteiger partial charge in [0.25, 0.3) is 0 Å². The van der Waals surface area contributed by atoms with Crippen LogP contribution in [0.25, 0.3) is 0 Å². The van der Waals surface area contributed by atoms with Crippen molar-refractivity contribution in [3.05, 3.63) is 179 Å². The van der Waals surface area contributed by atoms with Crippen molar-refractivity contribution in [1.29, 1.82) is 0 Å². The van der Waals surface area contributed by atoms with Gasteiger partial charge in [-0.05, 0) is 22.3 Å². The quantitative estimate of drug-likeness (QED) is 0.124. The van der Waals surface area contributed by atoms with E-state index in [0.29, 0.717) is 19.8 Å². The Labute approximate surface area is 281 Å². The summed E-state index contributed by atoms with van der Waals surface area (Å²) in [5.74, 6) is -1.54. The number of rotatable bonds is 14. The van der Waals surface area contributed by atoms with Crippen LogP contribution in [0.2, 0.25) is 0 Å². The van der Waals surface area contributed by atoms with Gasteiger partial charge in [0.15, 0.2) is 6.29 Å². The highest BCUT2D eigenvalue weighted by molar-refractivity contribution is 5.21. The second-order valence-electron chi connectivity index (χ2n) is 12.0. The third-order valence-corrected chi connectivity index (χ3v) is 8.52. The van der Waals surface area contributed by atoms with Crippen molar-refractivity contribution < 1.29 is 33.2 Å². The van der Waals surface area contributed by atoms with Crippen LogP contribution in [0, 0.1) is 0 Å². The zero-order valence-corrected chi connectivity index (χ0v) is 26.7. The molecule has 0 aliphatic carbocycles. The fraction of sp³-hybridized carbons (Fsp3) is 0.268. The Morgan fingerprint density at radius 1 is 0.479 bits per heavy atom. The number of ether oxygens (including phenoxy) is 7. The third kappa shape index (κ3) is 7.92. The van der Waals surface area contributed by atoms with Gasteiger partial charge in [-0.1, -0.05) is 152 Å². The molecule has 7 rings (SSSR count). The first kappa shape index (κ1) is 32.4. The van der Waals surface area contributed by atoms with Gasteiger partial charge in [-0.15, -0.1) is 0 Å². The van der Waals surface area contributed by atoms with Crippen LogP contribution in [0.3, 0.4) is 0 Å². The highest BCUT2D eigenvalue weighted by atomic mass is 16.9. The highest BCUT2D eigenvalue weighted by Gasteiger charge is 2.60. The van der Waals surface area contributed by atoms with Gasteiger partial charge in [-0.25, -0.2) is 0 Å². The van der Waals surface area contributed by atoms with E-state index in [2.05, 4.69) is 0 Å². The number of fused-ring (bicyclic) bond motifs is 1. The molecule has 5 aromatic rings. The Balaban J connectivity index is 1.20. The lowest BCUT2D eigenvalue weighted by Gasteiger charge is -2.42. The summed E-state index contributed by atoms with van der Waals surface area (Å²) in [6.45, 7) is 1.67. The number of hydrogen-bond acceptors (Lipinski definition) is 7. The molecular weight excluding hydrogens is 604 g/mol. The molecule has 0 spiro atoms. The molecule has 48 heavy (non-hydrogen) atoms. The molecule has 0 saturated carbocycles. The van der Waals surface area contributed by atoms with E-state index in [-0.39, 0.29) is 13.2 Å². The zero-order valence-electron chi connectivity index (χ0n) is 26.7. The van der Waals surface area contributed by atoms with Crippen LogP contribution in [0.5, 0.6) is 0 Å². The Kier molecular flexibility index (Phi) is 10.7. The van der Waals surface area contributed by atoms with Crippen molar-refractivity contribution in [2.24, 2.45) is 0 Å². The molecule has 2 fully saturated rings. The zero-order chi connectivity index (χ0) is 32.4. The summed E-state index contributed by atoms with van der Waals surface area (Å²) in [5, 5.41) is 0. The van der Waals surface area contributed by atoms with Gasteiger partial charge in [0.05, 0.1) is 33.0 Å². The molecule has 5 aromatic carbocycles. The summed E-state index contributed by atoms with van der Waals surface area (Å²) in [5.41, 5.74) is 4.86. The maximum Gasteiger partial charge on any atom is 0.315 e. The van der Waals surface area contributed by atoms with Crippen molar-refractivity contribution >= 4 is 0 Å². The van der Waals surface area contributed by atoms with Crippen LogP contribution in [0.15, 0.2) is 152 Å². The summed E-state index contributed by atoms with van der Waals surface area (Å²) in [7, 11) is 0. The topological polar surface area (TPSA) is 64.6 Å². The van der Waals surface area contributed by atoms with Crippen molar-refractivity contribution in [2.75, 3.05) is 6.61 Å². The van der Waals surface area contributed by atoms with Gasteiger partial charge in [0.1, 0.15) is 24.4 Å². The molecule has 0 N–H and O–H groups in total. The monoisotopic (exact) mass is 644 g/mol. The van der Waals surface area contributed by atoms with E-state index in [4.69, 9.17) is 33.2 Å². The SMILES string of the molecule is c1ccc(COC[C@H]2O[C@H]3OC(OCc4ccccc4)(c4ccccc4)O[C@H]3[C@@H](OCc3ccccc3)[C@@H]2OCc2ccccc2)cc1. The van der Waals surface area contributed by atoms with Crippen LogP contribution in [-0.2, 0) is 65.6 Å². The van der Waals surface area contributed by atoms with Crippen molar-refractivity contribution in [1.82, 2.24) is 0 Å². The van der Waals surface area contributed by atoms with E-state index in [1.165, 1.54) is 0 Å².